The molecule has 1 aliphatic rings. The van der Waals surface area contributed by atoms with Gasteiger partial charge in [-0.25, -0.2) is 0 Å². The van der Waals surface area contributed by atoms with Gasteiger partial charge in [-0.05, 0) is 55.7 Å². The minimum atomic E-state index is -0.212. The van der Waals surface area contributed by atoms with E-state index in [-0.39, 0.29) is 12.0 Å². The Kier molecular flexibility index (Phi) is 4.86. The molecule has 0 aromatic carbocycles. The standard InChI is InChI=1S/C14H21NOS/c1-17-10-4-8-13(16)12-7-2-5-11-6-3-9-15-14(11)12/h3,6,9,12-13,16H,2,4-5,7-8,10H2,1H3. The molecule has 1 aromatic heterocycles. The van der Waals surface area contributed by atoms with E-state index in [9.17, 15) is 5.11 Å². The quantitative estimate of drug-likeness (QED) is 0.817. The number of rotatable bonds is 5. The van der Waals surface area contributed by atoms with Gasteiger partial charge in [-0.1, -0.05) is 6.07 Å². The van der Waals surface area contributed by atoms with Crippen molar-refractivity contribution < 1.29 is 5.11 Å². The summed E-state index contributed by atoms with van der Waals surface area (Å²) in [4.78, 5) is 4.48. The molecule has 1 aromatic rings. The lowest BCUT2D eigenvalue weighted by Gasteiger charge is -2.28. The lowest BCUT2D eigenvalue weighted by Crippen LogP contribution is -2.24. The summed E-state index contributed by atoms with van der Waals surface area (Å²) in [5.41, 5.74) is 2.49. The van der Waals surface area contributed by atoms with Crippen LogP contribution < -0.4 is 0 Å². The van der Waals surface area contributed by atoms with E-state index in [2.05, 4.69) is 17.3 Å². The van der Waals surface area contributed by atoms with Crippen molar-refractivity contribution in [2.75, 3.05) is 12.0 Å². The molecule has 2 atom stereocenters. The van der Waals surface area contributed by atoms with E-state index < -0.39 is 0 Å². The van der Waals surface area contributed by atoms with Crippen LogP contribution in [0.2, 0.25) is 0 Å². The number of pyridine rings is 1. The molecule has 3 heteroatoms. The molecule has 94 valence electrons. The van der Waals surface area contributed by atoms with Gasteiger partial charge in [0.05, 0.1) is 6.10 Å². The van der Waals surface area contributed by atoms with Crippen LogP contribution in [-0.2, 0) is 6.42 Å². The molecular weight excluding hydrogens is 230 g/mol. The number of nitrogens with zero attached hydrogens (tertiary/aromatic N) is 1. The Morgan fingerprint density at radius 1 is 1.59 bits per heavy atom. The summed E-state index contributed by atoms with van der Waals surface area (Å²) in [5, 5.41) is 10.3. The average molecular weight is 251 g/mol. The molecule has 1 N–H and O–H groups in total. The van der Waals surface area contributed by atoms with Crippen molar-refractivity contribution in [3.8, 4) is 0 Å². The molecular formula is C14H21NOS. The van der Waals surface area contributed by atoms with Crippen LogP contribution >= 0.6 is 11.8 Å². The Bertz CT molecular complexity index is 356. The smallest absolute Gasteiger partial charge is 0.0624 e. The predicted octanol–water partition coefficient (Wildman–Crippen LogP) is 3.01. The second-order valence-electron chi connectivity index (χ2n) is 4.75. The van der Waals surface area contributed by atoms with Crippen LogP contribution in [0.25, 0.3) is 0 Å². The molecule has 1 heterocycles. The molecule has 0 radical (unpaired) electrons. The van der Waals surface area contributed by atoms with Gasteiger partial charge in [0.1, 0.15) is 0 Å². The first-order chi connectivity index (χ1) is 8.33. The number of aryl methyl sites for hydroxylation is 1. The van der Waals surface area contributed by atoms with Crippen molar-refractivity contribution in [2.45, 2.75) is 44.1 Å². The zero-order chi connectivity index (χ0) is 12.1. The van der Waals surface area contributed by atoms with Crippen molar-refractivity contribution in [3.63, 3.8) is 0 Å². The van der Waals surface area contributed by atoms with Crippen molar-refractivity contribution in [1.82, 2.24) is 4.98 Å². The maximum Gasteiger partial charge on any atom is 0.0624 e. The molecule has 1 aliphatic carbocycles. The molecule has 0 saturated carbocycles. The van der Waals surface area contributed by atoms with Gasteiger partial charge in [-0.3, -0.25) is 4.98 Å². The largest absolute Gasteiger partial charge is 0.392 e. The van der Waals surface area contributed by atoms with Crippen molar-refractivity contribution in [3.05, 3.63) is 29.6 Å². The zero-order valence-corrected chi connectivity index (χ0v) is 11.2. The number of thioether (sulfide) groups is 1. The van der Waals surface area contributed by atoms with Crippen LogP contribution in [0, 0.1) is 0 Å². The van der Waals surface area contributed by atoms with E-state index in [1.807, 2.05) is 24.0 Å². The second kappa shape index (κ2) is 6.41. The zero-order valence-electron chi connectivity index (χ0n) is 10.4. The van der Waals surface area contributed by atoms with Crippen molar-refractivity contribution in [2.24, 2.45) is 0 Å². The number of hydrogen-bond donors (Lipinski definition) is 1. The first-order valence-electron chi connectivity index (χ1n) is 6.43. The summed E-state index contributed by atoms with van der Waals surface area (Å²) in [6.45, 7) is 0. The molecule has 0 aliphatic heterocycles. The highest BCUT2D eigenvalue weighted by Gasteiger charge is 2.27. The number of aromatic nitrogens is 1. The normalized spacial score (nSPS) is 20.9. The Labute approximate surface area is 108 Å². The molecule has 0 amide bonds. The molecule has 0 saturated heterocycles. The Morgan fingerprint density at radius 3 is 3.29 bits per heavy atom. The van der Waals surface area contributed by atoms with E-state index in [0.29, 0.717) is 0 Å². The molecule has 2 rings (SSSR count). The minimum Gasteiger partial charge on any atom is -0.392 e. The Hall–Kier alpha value is -0.540. The summed E-state index contributed by atoms with van der Waals surface area (Å²) in [5.74, 6) is 1.40. The fourth-order valence-electron chi connectivity index (χ4n) is 2.66. The highest BCUT2D eigenvalue weighted by Crippen LogP contribution is 2.33. The van der Waals surface area contributed by atoms with Gasteiger partial charge in [0, 0.05) is 17.8 Å². The highest BCUT2D eigenvalue weighted by atomic mass is 32.2. The lowest BCUT2D eigenvalue weighted by atomic mass is 9.82. The van der Waals surface area contributed by atoms with Crippen LogP contribution in [0.3, 0.4) is 0 Å². The van der Waals surface area contributed by atoms with Gasteiger partial charge < -0.3 is 5.11 Å². The van der Waals surface area contributed by atoms with Crippen LogP contribution in [-0.4, -0.2) is 28.2 Å². The summed E-state index contributed by atoms with van der Waals surface area (Å²) in [7, 11) is 0. The van der Waals surface area contributed by atoms with Gasteiger partial charge in [-0.2, -0.15) is 11.8 Å². The van der Waals surface area contributed by atoms with Gasteiger partial charge in [0.15, 0.2) is 0 Å². The number of aliphatic hydroxyl groups is 1. The first kappa shape index (κ1) is 12.9. The fraction of sp³-hybridized carbons (Fsp3) is 0.643. The van der Waals surface area contributed by atoms with E-state index in [4.69, 9.17) is 0 Å². The Morgan fingerprint density at radius 2 is 2.47 bits per heavy atom. The van der Waals surface area contributed by atoms with Crippen LogP contribution in [0.15, 0.2) is 18.3 Å². The predicted molar refractivity (Wildman–Crippen MR) is 73.5 cm³/mol. The third kappa shape index (κ3) is 3.23. The minimum absolute atomic E-state index is 0.212. The molecule has 2 nitrogen and oxygen atoms in total. The van der Waals surface area contributed by atoms with Crippen molar-refractivity contribution >= 4 is 11.8 Å². The van der Waals surface area contributed by atoms with E-state index >= 15 is 0 Å². The summed E-state index contributed by atoms with van der Waals surface area (Å²) in [6, 6.07) is 4.16. The third-order valence-corrected chi connectivity index (χ3v) is 4.25. The second-order valence-corrected chi connectivity index (χ2v) is 5.73. The maximum atomic E-state index is 10.3. The average Bonchev–Trinajstić information content (AvgIpc) is 2.38. The molecule has 17 heavy (non-hydrogen) atoms. The SMILES string of the molecule is CSCCCC(O)C1CCCc2cccnc21. The van der Waals surface area contributed by atoms with E-state index in [1.54, 1.807) is 0 Å². The molecule has 0 fully saturated rings. The van der Waals surface area contributed by atoms with E-state index in [0.717, 1.165) is 37.1 Å². The van der Waals surface area contributed by atoms with Gasteiger partial charge >= 0.3 is 0 Å². The number of hydrogen-bond acceptors (Lipinski definition) is 3. The summed E-state index contributed by atoms with van der Waals surface area (Å²) >= 11 is 1.85. The lowest BCUT2D eigenvalue weighted by molar-refractivity contribution is 0.123. The number of fused-ring (bicyclic) bond motifs is 1. The number of aliphatic hydroxyl groups excluding tert-OH is 1. The summed E-state index contributed by atoms with van der Waals surface area (Å²) in [6.07, 6.45) is 9.15. The fourth-order valence-corrected chi connectivity index (χ4v) is 3.11. The molecule has 0 spiro atoms. The van der Waals surface area contributed by atoms with Gasteiger partial charge in [-0.15, -0.1) is 0 Å². The first-order valence-corrected chi connectivity index (χ1v) is 7.83. The molecule has 2 unspecified atom stereocenters. The van der Waals surface area contributed by atoms with Crippen LogP contribution in [0.5, 0.6) is 0 Å². The monoisotopic (exact) mass is 251 g/mol. The highest BCUT2D eigenvalue weighted by molar-refractivity contribution is 7.98. The Balaban J connectivity index is 2.02. The van der Waals surface area contributed by atoms with Crippen LogP contribution in [0.1, 0.15) is 42.9 Å². The maximum absolute atomic E-state index is 10.3. The molecule has 0 bridgehead atoms. The topological polar surface area (TPSA) is 33.1 Å². The van der Waals surface area contributed by atoms with Gasteiger partial charge in [0.2, 0.25) is 0 Å². The summed E-state index contributed by atoms with van der Waals surface area (Å²) < 4.78 is 0. The third-order valence-electron chi connectivity index (χ3n) is 3.55. The van der Waals surface area contributed by atoms with Gasteiger partial charge in [0.25, 0.3) is 0 Å². The van der Waals surface area contributed by atoms with Crippen LogP contribution in [0.4, 0.5) is 0 Å². The van der Waals surface area contributed by atoms with E-state index in [1.165, 1.54) is 12.0 Å². The van der Waals surface area contributed by atoms with Crippen molar-refractivity contribution in [1.29, 1.82) is 0 Å².